The zero-order valence-corrected chi connectivity index (χ0v) is 13.7. The van der Waals surface area contributed by atoms with Gasteiger partial charge in [0.25, 0.3) is 0 Å². The number of nitrogens with one attached hydrogen (secondary N) is 1. The summed E-state index contributed by atoms with van der Waals surface area (Å²) < 4.78 is 5.15. The predicted molar refractivity (Wildman–Crippen MR) is 96.0 cm³/mol. The highest BCUT2D eigenvalue weighted by Crippen LogP contribution is 2.12. The summed E-state index contributed by atoms with van der Waals surface area (Å²) in [7, 11) is 1.68. The molecule has 0 radical (unpaired) electrons. The minimum Gasteiger partial charge on any atom is -0.497 e. The van der Waals surface area contributed by atoms with Gasteiger partial charge in [-0.2, -0.15) is 0 Å². The Morgan fingerprint density at radius 2 is 1.70 bits per heavy atom. The van der Waals surface area contributed by atoms with Crippen molar-refractivity contribution < 1.29 is 4.74 Å². The van der Waals surface area contributed by atoms with E-state index in [4.69, 9.17) is 10.5 Å². The van der Waals surface area contributed by atoms with Gasteiger partial charge in [0.1, 0.15) is 5.75 Å². The Hall–Kier alpha value is -2.49. The lowest BCUT2D eigenvalue weighted by Gasteiger charge is -2.06. The molecule has 2 aromatic carbocycles. The van der Waals surface area contributed by atoms with Gasteiger partial charge in [0, 0.05) is 13.1 Å². The highest BCUT2D eigenvalue weighted by atomic mass is 16.5. The van der Waals surface area contributed by atoms with E-state index in [0.29, 0.717) is 5.96 Å². The van der Waals surface area contributed by atoms with Crippen molar-refractivity contribution in [3.63, 3.8) is 0 Å². The molecule has 0 aliphatic heterocycles. The van der Waals surface area contributed by atoms with E-state index in [1.165, 1.54) is 11.1 Å². The molecular formula is C19H25N3O. The van der Waals surface area contributed by atoms with Gasteiger partial charge in [-0.05, 0) is 42.5 Å². The van der Waals surface area contributed by atoms with Gasteiger partial charge in [-0.3, -0.25) is 4.99 Å². The first-order chi connectivity index (χ1) is 11.3. The second-order valence-corrected chi connectivity index (χ2v) is 5.38. The third kappa shape index (κ3) is 6.43. The molecule has 4 nitrogen and oxygen atoms in total. The van der Waals surface area contributed by atoms with Gasteiger partial charge >= 0.3 is 0 Å². The van der Waals surface area contributed by atoms with E-state index in [2.05, 4.69) is 34.6 Å². The minimum atomic E-state index is 0.524. The Morgan fingerprint density at radius 1 is 1.00 bits per heavy atom. The minimum absolute atomic E-state index is 0.524. The molecule has 0 heterocycles. The van der Waals surface area contributed by atoms with Gasteiger partial charge in [0.15, 0.2) is 5.96 Å². The van der Waals surface area contributed by atoms with Crippen LogP contribution in [0.15, 0.2) is 59.6 Å². The Kier molecular flexibility index (Phi) is 6.98. The van der Waals surface area contributed by atoms with Crippen molar-refractivity contribution in [1.29, 1.82) is 0 Å². The Labute approximate surface area is 138 Å². The Bertz CT molecular complexity index is 594. The number of aliphatic imine (C=N–C) groups is 1. The maximum absolute atomic E-state index is 5.88. The summed E-state index contributed by atoms with van der Waals surface area (Å²) in [4.78, 5) is 4.36. The fraction of sp³-hybridized carbons (Fsp3) is 0.316. The van der Waals surface area contributed by atoms with Crippen LogP contribution >= 0.6 is 0 Å². The fourth-order valence-electron chi connectivity index (χ4n) is 2.31. The third-order valence-corrected chi connectivity index (χ3v) is 3.63. The number of hydrogen-bond acceptors (Lipinski definition) is 2. The highest BCUT2D eigenvalue weighted by molar-refractivity contribution is 5.77. The molecule has 0 aliphatic carbocycles. The molecule has 0 atom stereocenters. The second kappa shape index (κ2) is 9.51. The number of nitrogens with two attached hydrogens (primary N) is 1. The van der Waals surface area contributed by atoms with E-state index in [-0.39, 0.29) is 0 Å². The smallest absolute Gasteiger partial charge is 0.188 e. The monoisotopic (exact) mass is 311 g/mol. The summed E-state index contributed by atoms with van der Waals surface area (Å²) in [6.07, 6.45) is 2.92. The summed E-state index contributed by atoms with van der Waals surface area (Å²) in [5.74, 6) is 1.41. The molecule has 0 saturated carbocycles. The number of methoxy groups -OCH3 is 1. The Morgan fingerprint density at radius 3 is 2.39 bits per heavy atom. The number of aryl methyl sites for hydroxylation is 1. The highest BCUT2D eigenvalue weighted by Gasteiger charge is 1.96. The molecule has 122 valence electrons. The molecule has 23 heavy (non-hydrogen) atoms. The van der Waals surface area contributed by atoms with Crippen molar-refractivity contribution in [2.45, 2.75) is 19.3 Å². The lowest BCUT2D eigenvalue weighted by atomic mass is 10.1. The summed E-state index contributed by atoms with van der Waals surface area (Å²) >= 11 is 0. The van der Waals surface area contributed by atoms with Crippen LogP contribution in [0.1, 0.15) is 17.5 Å². The van der Waals surface area contributed by atoms with Crippen molar-refractivity contribution in [2.24, 2.45) is 10.7 Å². The van der Waals surface area contributed by atoms with Crippen molar-refractivity contribution in [2.75, 3.05) is 20.2 Å². The first-order valence-electron chi connectivity index (χ1n) is 7.98. The lowest BCUT2D eigenvalue weighted by Crippen LogP contribution is -2.33. The van der Waals surface area contributed by atoms with Gasteiger partial charge in [0.2, 0.25) is 0 Å². The summed E-state index contributed by atoms with van der Waals surface area (Å²) in [5.41, 5.74) is 8.46. The van der Waals surface area contributed by atoms with Crippen LogP contribution in [0.3, 0.4) is 0 Å². The van der Waals surface area contributed by atoms with E-state index >= 15 is 0 Å². The van der Waals surface area contributed by atoms with Crippen molar-refractivity contribution in [3.05, 3.63) is 65.7 Å². The van der Waals surface area contributed by atoms with Crippen LogP contribution < -0.4 is 15.8 Å². The average Bonchev–Trinajstić information content (AvgIpc) is 2.60. The quantitative estimate of drug-likeness (QED) is 0.448. The zero-order valence-electron chi connectivity index (χ0n) is 13.7. The van der Waals surface area contributed by atoms with Gasteiger partial charge in [-0.1, -0.05) is 42.5 Å². The first kappa shape index (κ1) is 16.9. The molecule has 0 saturated heterocycles. The van der Waals surface area contributed by atoms with Crippen molar-refractivity contribution in [1.82, 2.24) is 5.32 Å². The van der Waals surface area contributed by atoms with Crippen LogP contribution in [-0.4, -0.2) is 26.2 Å². The van der Waals surface area contributed by atoms with Crippen LogP contribution in [0.5, 0.6) is 5.75 Å². The molecule has 2 aromatic rings. The maximum Gasteiger partial charge on any atom is 0.188 e. The van der Waals surface area contributed by atoms with E-state index in [1.54, 1.807) is 7.11 Å². The molecular weight excluding hydrogens is 286 g/mol. The molecule has 0 fully saturated rings. The summed E-state index contributed by atoms with van der Waals surface area (Å²) in [5, 5.41) is 3.16. The topological polar surface area (TPSA) is 59.6 Å². The number of nitrogens with zero attached hydrogens (tertiary/aromatic N) is 1. The van der Waals surface area contributed by atoms with Crippen LogP contribution in [-0.2, 0) is 12.8 Å². The van der Waals surface area contributed by atoms with E-state index in [0.717, 1.165) is 38.1 Å². The molecule has 0 bridgehead atoms. The maximum atomic E-state index is 5.88. The summed E-state index contributed by atoms with van der Waals surface area (Å²) in [6, 6.07) is 18.5. The van der Waals surface area contributed by atoms with Crippen molar-refractivity contribution >= 4 is 5.96 Å². The number of ether oxygens (including phenoxy) is 1. The fourth-order valence-corrected chi connectivity index (χ4v) is 2.31. The number of guanidine groups is 1. The standard InChI is InChI=1S/C19H25N3O/c1-23-18-11-9-17(10-12-18)8-5-14-21-19(20)22-15-13-16-6-3-2-4-7-16/h2-4,6-7,9-12H,5,8,13-15H2,1H3,(H3,20,21,22). The molecule has 0 aromatic heterocycles. The zero-order chi connectivity index (χ0) is 16.3. The molecule has 4 heteroatoms. The van der Waals surface area contributed by atoms with E-state index in [9.17, 15) is 0 Å². The molecule has 0 aliphatic rings. The van der Waals surface area contributed by atoms with Gasteiger partial charge in [-0.25, -0.2) is 0 Å². The average molecular weight is 311 g/mol. The van der Waals surface area contributed by atoms with Crippen LogP contribution in [0.25, 0.3) is 0 Å². The van der Waals surface area contributed by atoms with Crippen LogP contribution in [0, 0.1) is 0 Å². The molecule has 2 rings (SSSR count). The lowest BCUT2D eigenvalue weighted by molar-refractivity contribution is 0.414. The van der Waals surface area contributed by atoms with E-state index < -0.39 is 0 Å². The van der Waals surface area contributed by atoms with Gasteiger partial charge in [0.05, 0.1) is 7.11 Å². The first-order valence-corrected chi connectivity index (χ1v) is 7.98. The molecule has 0 spiro atoms. The number of benzene rings is 2. The van der Waals surface area contributed by atoms with Crippen LogP contribution in [0.4, 0.5) is 0 Å². The summed E-state index contributed by atoms with van der Waals surface area (Å²) in [6.45, 7) is 1.54. The second-order valence-electron chi connectivity index (χ2n) is 5.38. The van der Waals surface area contributed by atoms with Gasteiger partial charge in [-0.15, -0.1) is 0 Å². The SMILES string of the molecule is COc1ccc(CCCN=C(N)NCCc2ccccc2)cc1. The van der Waals surface area contributed by atoms with Crippen LogP contribution in [0.2, 0.25) is 0 Å². The molecule has 0 amide bonds. The Balaban J connectivity index is 1.62. The molecule has 3 N–H and O–H groups in total. The van der Waals surface area contributed by atoms with Gasteiger partial charge < -0.3 is 15.8 Å². The number of hydrogen-bond donors (Lipinski definition) is 2. The van der Waals surface area contributed by atoms with E-state index in [1.807, 2.05) is 30.3 Å². The molecule has 0 unspecified atom stereocenters. The van der Waals surface area contributed by atoms with Crippen molar-refractivity contribution in [3.8, 4) is 5.75 Å². The number of rotatable bonds is 8. The largest absolute Gasteiger partial charge is 0.497 e. The third-order valence-electron chi connectivity index (χ3n) is 3.63. The normalized spacial score (nSPS) is 11.3. The predicted octanol–water partition coefficient (Wildman–Crippen LogP) is 2.77.